The second-order valence-corrected chi connectivity index (χ2v) is 14.4. The number of likely N-dealkylation sites (tertiary alicyclic amines) is 1. The van der Waals surface area contributed by atoms with Crippen LogP contribution in [0.4, 0.5) is 37.2 Å². The lowest BCUT2D eigenvalue weighted by atomic mass is 9.92. The second-order valence-electron chi connectivity index (χ2n) is 13.3. The van der Waals surface area contributed by atoms with Gasteiger partial charge in [-0.05, 0) is 70.2 Å². The molecule has 3 atom stereocenters. The number of amides is 1. The van der Waals surface area contributed by atoms with Gasteiger partial charge in [0.2, 0.25) is 0 Å². The number of aromatic nitrogens is 3. The Morgan fingerprint density at radius 1 is 1.20 bits per heavy atom. The van der Waals surface area contributed by atoms with E-state index in [1.54, 1.807) is 13.0 Å². The van der Waals surface area contributed by atoms with Gasteiger partial charge < -0.3 is 25.1 Å². The molecule has 6 heterocycles. The number of fused-ring (bicyclic) bond motifs is 3. The smallest absolute Gasteiger partial charge is 0.417 e. The maximum absolute atomic E-state index is 15.9. The normalized spacial score (nSPS) is 19.4. The quantitative estimate of drug-likeness (QED) is 0.167. The van der Waals surface area contributed by atoms with Gasteiger partial charge in [-0.25, -0.2) is 18.2 Å². The number of alkyl halides is 4. The van der Waals surface area contributed by atoms with Gasteiger partial charge in [-0.3, -0.25) is 9.69 Å². The average molecular weight is 789 g/mol. The fourth-order valence-electron chi connectivity index (χ4n) is 7.32. The van der Waals surface area contributed by atoms with Gasteiger partial charge in [-0.2, -0.15) is 28.4 Å². The van der Waals surface area contributed by atoms with E-state index in [-0.39, 0.29) is 55.9 Å². The Kier molecular flexibility index (Phi) is 11.7. The number of anilines is 2. The molecule has 0 bridgehead atoms. The Morgan fingerprint density at radius 2 is 1.96 bits per heavy atom. The third-order valence-electron chi connectivity index (χ3n) is 9.87. The van der Waals surface area contributed by atoms with Crippen molar-refractivity contribution in [2.45, 2.75) is 70.4 Å². The van der Waals surface area contributed by atoms with Crippen LogP contribution >= 0.6 is 11.3 Å². The molecule has 0 aliphatic carbocycles. The molecule has 3 aliphatic heterocycles. The maximum atomic E-state index is 15.9. The number of carbonyl (C=O) groups excluding carboxylic acids is 1. The molecule has 3 aromatic heterocycles. The molecular weight excluding hydrogens is 751 g/mol. The number of nitrogens with zero attached hydrogens (tertiary/aromatic N) is 6. The number of nitrogens with one attached hydrogen (secondary N) is 1. The van der Waals surface area contributed by atoms with Gasteiger partial charge in [0.05, 0.1) is 22.9 Å². The van der Waals surface area contributed by atoms with Crippen molar-refractivity contribution in [3.05, 3.63) is 59.3 Å². The number of nitrogens with two attached hydrogens (primary N) is 1. The maximum Gasteiger partial charge on any atom is 0.417 e. The minimum Gasteiger partial charge on any atom is -0.467 e. The van der Waals surface area contributed by atoms with E-state index in [9.17, 15) is 32.0 Å². The predicted molar refractivity (Wildman–Crippen MR) is 195 cm³/mol. The van der Waals surface area contributed by atoms with E-state index in [1.165, 1.54) is 32.6 Å². The molecule has 11 nitrogen and oxygen atoms in total. The van der Waals surface area contributed by atoms with Gasteiger partial charge in [-0.1, -0.05) is 6.07 Å². The van der Waals surface area contributed by atoms with Crippen LogP contribution < -0.4 is 15.8 Å². The molecule has 3 aliphatic rings. The van der Waals surface area contributed by atoms with Crippen LogP contribution in [0, 0.1) is 23.0 Å². The Morgan fingerprint density at radius 3 is 2.58 bits per heavy atom. The number of rotatable bonds is 5. The molecule has 5 aromatic rings. The molecule has 8 rings (SSSR count). The summed E-state index contributed by atoms with van der Waals surface area (Å²) in [4.78, 5) is 27.6. The summed E-state index contributed by atoms with van der Waals surface area (Å²) in [7, 11) is 1.23. The number of nitrogen functional groups attached to an aromatic ring is 1. The van der Waals surface area contributed by atoms with Gasteiger partial charge in [0.1, 0.15) is 40.7 Å². The fourth-order valence-corrected chi connectivity index (χ4v) is 8.27. The first-order valence-corrected chi connectivity index (χ1v) is 18.5. The Hall–Kier alpha value is -5.15. The highest BCUT2D eigenvalue weighted by Crippen LogP contribution is 2.47. The van der Waals surface area contributed by atoms with Crippen LogP contribution in [0.5, 0.6) is 6.01 Å². The summed E-state index contributed by atoms with van der Waals surface area (Å²) >= 11 is 0.698. The summed E-state index contributed by atoms with van der Waals surface area (Å²) in [6.45, 7) is 6.74. The van der Waals surface area contributed by atoms with Crippen LogP contribution in [0.3, 0.4) is 0 Å². The van der Waals surface area contributed by atoms with Gasteiger partial charge in [-0.15, -0.1) is 11.3 Å². The standard InChI is InChI=1S/C21H14F5N5OS.C9H12N2O2.C7H12FN/c1-3-29-19-9-6-11(21(24,25)26)14(15(23)16(9)30-20(31-19)32-2)8-4-5-12(22)17-13(8)10(7-27)18(28)33-17;1-7-3-2-4-11(7)9(12)8-5-13-6-10-8;8-6-4-7-2-1-3-9(7)5-6/h4-6H,3,28H2,1-2H3,(H,29,30,31);5-7H,2-4H2,1H3;6-7H,1-5H2. The Labute approximate surface area is 316 Å². The molecule has 2 aromatic carbocycles. The fraction of sp³-hybridized carbons (Fsp3) is 0.432. The van der Waals surface area contributed by atoms with E-state index < -0.39 is 40.6 Å². The number of methoxy groups -OCH3 is 1. The van der Waals surface area contributed by atoms with Gasteiger partial charge in [0.15, 0.2) is 17.9 Å². The number of hydrogen-bond acceptors (Lipinski definition) is 11. The van der Waals surface area contributed by atoms with E-state index in [1.807, 2.05) is 4.90 Å². The van der Waals surface area contributed by atoms with E-state index >= 15 is 4.39 Å². The van der Waals surface area contributed by atoms with Gasteiger partial charge >= 0.3 is 12.2 Å². The van der Waals surface area contributed by atoms with E-state index in [4.69, 9.17) is 14.9 Å². The lowest BCUT2D eigenvalue weighted by Gasteiger charge is -2.19. The van der Waals surface area contributed by atoms with Crippen LogP contribution in [-0.2, 0) is 6.18 Å². The number of thiophene rings is 1. The van der Waals surface area contributed by atoms with Crippen molar-refractivity contribution in [3.63, 3.8) is 0 Å². The lowest BCUT2D eigenvalue weighted by Crippen LogP contribution is -2.33. The van der Waals surface area contributed by atoms with Crippen LogP contribution in [0.25, 0.3) is 32.1 Å². The topological polar surface area (TPSA) is 146 Å². The third kappa shape index (κ3) is 7.99. The van der Waals surface area contributed by atoms with E-state index in [0.717, 1.165) is 50.6 Å². The summed E-state index contributed by atoms with van der Waals surface area (Å²) in [5.74, 6) is -2.17. The molecular formula is C37H38F6N8O3S. The SMILES string of the molecule is CC1CCCN1C(=O)c1cocn1.CCNc1nc(OC)nc2c(F)c(-c3ccc(F)c4sc(N)c(C#N)c34)c(C(F)(F)F)cc12.FC1CC2CCCN2C1. The zero-order valence-corrected chi connectivity index (χ0v) is 31.0. The highest BCUT2D eigenvalue weighted by molar-refractivity contribution is 7.23. The summed E-state index contributed by atoms with van der Waals surface area (Å²) in [5.41, 5.74) is 3.00. The zero-order valence-electron chi connectivity index (χ0n) is 30.1. The minimum atomic E-state index is -5.00. The lowest BCUT2D eigenvalue weighted by molar-refractivity contribution is -0.137. The number of hydrogen-bond donors (Lipinski definition) is 2. The molecule has 3 N–H and O–H groups in total. The van der Waals surface area contributed by atoms with Crippen molar-refractivity contribution < 1.29 is 40.3 Å². The molecule has 0 radical (unpaired) electrons. The highest BCUT2D eigenvalue weighted by Gasteiger charge is 2.38. The average Bonchev–Trinajstić information content (AvgIpc) is 3.99. The van der Waals surface area contributed by atoms with Gasteiger partial charge in [0.25, 0.3) is 5.91 Å². The first-order valence-electron chi connectivity index (χ1n) is 17.6. The number of oxazole rings is 1. The van der Waals surface area contributed by atoms with Crippen LogP contribution in [0.2, 0.25) is 0 Å². The summed E-state index contributed by atoms with van der Waals surface area (Å²) in [6.07, 6.45) is 2.67. The van der Waals surface area contributed by atoms with Gasteiger partial charge in [0, 0.05) is 48.1 Å². The first kappa shape index (κ1) is 39.5. The molecule has 18 heteroatoms. The van der Waals surface area contributed by atoms with Crippen LogP contribution in [0.1, 0.15) is 67.6 Å². The number of nitriles is 1. The molecule has 292 valence electrons. The van der Waals surface area contributed by atoms with Crippen molar-refractivity contribution >= 4 is 49.1 Å². The number of ether oxygens (including phenoxy) is 1. The second kappa shape index (κ2) is 16.3. The number of carbonyl (C=O) groups is 1. The molecule has 0 spiro atoms. The molecule has 1 amide bonds. The minimum absolute atomic E-state index is 0.0150. The van der Waals surface area contributed by atoms with Crippen molar-refractivity contribution in [1.82, 2.24) is 24.8 Å². The van der Waals surface area contributed by atoms with Crippen LogP contribution in [-0.4, -0.2) is 82.2 Å². The largest absolute Gasteiger partial charge is 0.467 e. The molecule has 3 saturated heterocycles. The van der Waals surface area contributed by atoms with Crippen molar-refractivity contribution in [2.24, 2.45) is 0 Å². The molecule has 55 heavy (non-hydrogen) atoms. The monoisotopic (exact) mass is 788 g/mol. The summed E-state index contributed by atoms with van der Waals surface area (Å²) in [5, 5.41) is 11.8. The predicted octanol–water partition coefficient (Wildman–Crippen LogP) is 8.19. The Balaban J connectivity index is 0.000000187. The molecule has 3 fully saturated rings. The van der Waals surface area contributed by atoms with Crippen LogP contribution in [0.15, 0.2) is 35.3 Å². The van der Waals surface area contributed by atoms with E-state index in [0.29, 0.717) is 35.7 Å². The van der Waals surface area contributed by atoms with Crippen molar-refractivity contribution in [1.29, 1.82) is 5.26 Å². The molecule has 0 saturated carbocycles. The number of benzene rings is 2. The summed E-state index contributed by atoms with van der Waals surface area (Å²) < 4.78 is 95.0. The first-order chi connectivity index (χ1) is 26.3. The number of halogens is 6. The highest BCUT2D eigenvalue weighted by atomic mass is 32.1. The van der Waals surface area contributed by atoms with Crippen molar-refractivity contribution in [3.8, 4) is 23.2 Å². The summed E-state index contributed by atoms with van der Waals surface area (Å²) in [6, 6.07) is 5.09. The third-order valence-corrected chi connectivity index (χ3v) is 10.9. The Bertz CT molecular complexity index is 2210. The molecule has 3 unspecified atom stereocenters. The van der Waals surface area contributed by atoms with Crippen molar-refractivity contribution in [2.75, 3.05) is 44.3 Å². The zero-order chi connectivity index (χ0) is 39.6. The van der Waals surface area contributed by atoms with E-state index in [2.05, 4.69) is 32.1 Å².